The molecular weight excluding hydrogens is 350 g/mol. The number of pyridine rings is 1. The third-order valence-corrected chi connectivity index (χ3v) is 4.31. The predicted molar refractivity (Wildman–Crippen MR) is 108 cm³/mol. The molecule has 0 aliphatic rings. The lowest BCUT2D eigenvalue weighted by molar-refractivity contribution is 0.0947. The summed E-state index contributed by atoms with van der Waals surface area (Å²) in [6.07, 6.45) is 3.36. The van der Waals surface area contributed by atoms with Gasteiger partial charge >= 0.3 is 0 Å². The van der Waals surface area contributed by atoms with E-state index < -0.39 is 0 Å². The first-order valence-corrected chi connectivity index (χ1v) is 8.97. The Labute approximate surface area is 162 Å². The summed E-state index contributed by atoms with van der Waals surface area (Å²) in [5.74, 6) is 0.603. The molecule has 2 heterocycles. The van der Waals surface area contributed by atoms with Crippen molar-refractivity contribution >= 4 is 11.9 Å². The second kappa shape index (κ2) is 7.84. The Balaban J connectivity index is 1.67. The van der Waals surface area contributed by atoms with Crippen molar-refractivity contribution < 1.29 is 4.79 Å². The molecule has 0 bridgehead atoms. The van der Waals surface area contributed by atoms with E-state index in [1.807, 2.05) is 49.4 Å². The first-order chi connectivity index (χ1) is 13.7. The zero-order valence-electron chi connectivity index (χ0n) is 15.4. The number of nitrogens with one attached hydrogen (secondary N) is 1. The van der Waals surface area contributed by atoms with Crippen molar-refractivity contribution in [3.05, 3.63) is 95.8 Å². The molecule has 28 heavy (non-hydrogen) atoms. The van der Waals surface area contributed by atoms with Crippen molar-refractivity contribution in [2.24, 2.45) is 0 Å². The molecule has 2 aromatic carbocycles. The van der Waals surface area contributed by atoms with Gasteiger partial charge in [-0.3, -0.25) is 9.78 Å². The Morgan fingerprint density at radius 3 is 2.50 bits per heavy atom. The standard InChI is InChI=1S/C22H19N5O/c1-16-9-11-17(12-10-16)14-24-22-25-20(19-8-5-13-23-15-19)26-27(22)21(28)18-6-3-2-4-7-18/h2-13,15H,14H2,1H3,(H,24,25,26). The Hall–Kier alpha value is -3.80. The molecular formula is C22H19N5O. The highest BCUT2D eigenvalue weighted by Gasteiger charge is 2.18. The van der Waals surface area contributed by atoms with Crippen LogP contribution in [0.5, 0.6) is 0 Å². The lowest BCUT2D eigenvalue weighted by Gasteiger charge is -2.07. The Bertz CT molecular complexity index is 1070. The summed E-state index contributed by atoms with van der Waals surface area (Å²) in [5, 5.41) is 7.67. The van der Waals surface area contributed by atoms with E-state index >= 15 is 0 Å². The van der Waals surface area contributed by atoms with Crippen LogP contribution in [0, 0.1) is 6.92 Å². The number of hydrogen-bond acceptors (Lipinski definition) is 5. The van der Waals surface area contributed by atoms with Gasteiger partial charge in [-0.25, -0.2) is 0 Å². The van der Waals surface area contributed by atoms with E-state index in [-0.39, 0.29) is 5.91 Å². The molecule has 0 saturated heterocycles. The lowest BCUT2D eigenvalue weighted by Crippen LogP contribution is -2.17. The molecule has 0 atom stereocenters. The first kappa shape index (κ1) is 17.6. The maximum atomic E-state index is 13.0. The highest BCUT2D eigenvalue weighted by Crippen LogP contribution is 2.18. The summed E-state index contributed by atoms with van der Waals surface area (Å²) < 4.78 is 1.31. The van der Waals surface area contributed by atoms with Gasteiger partial charge in [0.25, 0.3) is 5.91 Å². The van der Waals surface area contributed by atoms with Crippen LogP contribution in [0.1, 0.15) is 21.5 Å². The maximum absolute atomic E-state index is 13.0. The highest BCUT2D eigenvalue weighted by atomic mass is 16.2. The fourth-order valence-electron chi connectivity index (χ4n) is 2.78. The monoisotopic (exact) mass is 369 g/mol. The van der Waals surface area contributed by atoms with Gasteiger partial charge < -0.3 is 5.32 Å². The number of hydrogen-bond donors (Lipinski definition) is 1. The quantitative estimate of drug-likeness (QED) is 0.577. The van der Waals surface area contributed by atoms with Crippen molar-refractivity contribution in [1.29, 1.82) is 0 Å². The average Bonchev–Trinajstić information content (AvgIpc) is 3.18. The summed E-state index contributed by atoms with van der Waals surface area (Å²) >= 11 is 0. The summed E-state index contributed by atoms with van der Waals surface area (Å²) in [6.45, 7) is 2.58. The summed E-state index contributed by atoms with van der Waals surface area (Å²) in [6, 6.07) is 20.9. The molecule has 0 radical (unpaired) electrons. The Kier molecular flexibility index (Phi) is 4.93. The van der Waals surface area contributed by atoms with Crippen LogP contribution in [0.4, 0.5) is 5.95 Å². The highest BCUT2D eigenvalue weighted by molar-refractivity contribution is 5.97. The van der Waals surface area contributed by atoms with Crippen LogP contribution in [0.3, 0.4) is 0 Å². The van der Waals surface area contributed by atoms with Crippen molar-refractivity contribution in [2.45, 2.75) is 13.5 Å². The molecule has 0 unspecified atom stereocenters. The van der Waals surface area contributed by atoms with E-state index in [4.69, 9.17) is 0 Å². The second-order valence-corrected chi connectivity index (χ2v) is 6.42. The van der Waals surface area contributed by atoms with Crippen LogP contribution in [-0.2, 0) is 6.54 Å². The molecule has 2 aromatic heterocycles. The molecule has 0 fully saturated rings. The first-order valence-electron chi connectivity index (χ1n) is 8.97. The van der Waals surface area contributed by atoms with Crippen LogP contribution in [0.15, 0.2) is 79.1 Å². The van der Waals surface area contributed by atoms with Crippen molar-refractivity contribution in [2.75, 3.05) is 5.32 Å². The molecule has 6 heteroatoms. The number of nitrogens with zero attached hydrogens (tertiary/aromatic N) is 4. The zero-order chi connectivity index (χ0) is 19.3. The SMILES string of the molecule is Cc1ccc(CNc2nc(-c3cccnc3)nn2C(=O)c2ccccc2)cc1. The molecule has 0 spiro atoms. The van der Waals surface area contributed by atoms with Crippen LogP contribution < -0.4 is 5.32 Å². The minimum Gasteiger partial charge on any atom is -0.350 e. The van der Waals surface area contributed by atoms with Gasteiger partial charge in [0.15, 0.2) is 5.82 Å². The lowest BCUT2D eigenvalue weighted by atomic mass is 10.1. The topological polar surface area (TPSA) is 72.7 Å². The van der Waals surface area contributed by atoms with Gasteiger partial charge in [0.2, 0.25) is 5.95 Å². The van der Waals surface area contributed by atoms with E-state index in [0.717, 1.165) is 11.1 Å². The third-order valence-electron chi connectivity index (χ3n) is 4.31. The molecule has 0 saturated carbocycles. The molecule has 4 rings (SSSR count). The number of benzene rings is 2. The largest absolute Gasteiger partial charge is 0.350 e. The van der Waals surface area contributed by atoms with E-state index in [1.165, 1.54) is 10.2 Å². The predicted octanol–water partition coefficient (Wildman–Crippen LogP) is 3.95. The molecule has 4 aromatic rings. The van der Waals surface area contributed by atoms with Gasteiger partial charge in [0.1, 0.15) is 0 Å². The summed E-state index contributed by atoms with van der Waals surface area (Å²) in [5.41, 5.74) is 3.59. The number of carbonyl (C=O) groups is 1. The summed E-state index contributed by atoms with van der Waals surface area (Å²) in [7, 11) is 0. The molecule has 138 valence electrons. The van der Waals surface area contributed by atoms with Crippen LogP contribution in [0.2, 0.25) is 0 Å². The van der Waals surface area contributed by atoms with Gasteiger partial charge in [0, 0.05) is 30.1 Å². The normalized spacial score (nSPS) is 10.6. The van der Waals surface area contributed by atoms with Gasteiger partial charge in [-0.05, 0) is 36.8 Å². The number of rotatable bonds is 5. The van der Waals surface area contributed by atoms with E-state index in [9.17, 15) is 4.79 Å². The zero-order valence-corrected chi connectivity index (χ0v) is 15.4. The molecule has 0 aliphatic carbocycles. The van der Waals surface area contributed by atoms with Gasteiger partial charge in [-0.2, -0.15) is 9.67 Å². The van der Waals surface area contributed by atoms with Crippen molar-refractivity contribution in [3.8, 4) is 11.4 Å². The van der Waals surface area contributed by atoms with Crippen molar-refractivity contribution in [1.82, 2.24) is 19.7 Å². The maximum Gasteiger partial charge on any atom is 0.281 e. The average molecular weight is 369 g/mol. The fraction of sp³-hybridized carbons (Fsp3) is 0.0909. The van der Waals surface area contributed by atoms with Crippen LogP contribution in [-0.4, -0.2) is 25.7 Å². The Morgan fingerprint density at radius 1 is 1.00 bits per heavy atom. The van der Waals surface area contributed by atoms with Gasteiger partial charge in [-0.1, -0.05) is 48.0 Å². The van der Waals surface area contributed by atoms with E-state index in [2.05, 4.69) is 32.5 Å². The number of aryl methyl sites for hydroxylation is 1. The minimum atomic E-state index is -0.241. The Morgan fingerprint density at radius 2 is 1.79 bits per heavy atom. The van der Waals surface area contributed by atoms with Gasteiger partial charge in [0.05, 0.1) is 0 Å². The fourth-order valence-corrected chi connectivity index (χ4v) is 2.78. The molecule has 0 amide bonds. The second-order valence-electron chi connectivity index (χ2n) is 6.42. The smallest absolute Gasteiger partial charge is 0.281 e. The van der Waals surface area contributed by atoms with E-state index in [0.29, 0.717) is 23.9 Å². The van der Waals surface area contributed by atoms with Gasteiger partial charge in [-0.15, -0.1) is 5.10 Å². The minimum absolute atomic E-state index is 0.241. The molecule has 0 aliphatic heterocycles. The van der Waals surface area contributed by atoms with E-state index in [1.54, 1.807) is 24.5 Å². The third kappa shape index (κ3) is 3.81. The van der Waals surface area contributed by atoms with Crippen LogP contribution in [0.25, 0.3) is 11.4 Å². The van der Waals surface area contributed by atoms with Crippen LogP contribution >= 0.6 is 0 Å². The molecule has 6 nitrogen and oxygen atoms in total. The van der Waals surface area contributed by atoms with Crippen molar-refractivity contribution in [3.63, 3.8) is 0 Å². The number of anilines is 1. The number of aromatic nitrogens is 4. The summed E-state index contributed by atoms with van der Waals surface area (Å²) in [4.78, 5) is 21.6. The number of carbonyl (C=O) groups excluding carboxylic acids is 1. The molecule has 1 N–H and O–H groups in total.